The van der Waals surface area contributed by atoms with Gasteiger partial charge in [0.1, 0.15) is 18.3 Å². The number of aliphatic carboxylic acids is 1. The molecule has 0 aliphatic carbocycles. The zero-order valence-corrected chi connectivity index (χ0v) is 35.0. The van der Waals surface area contributed by atoms with Crippen LogP contribution in [0.2, 0.25) is 0 Å². The third-order valence-corrected chi connectivity index (χ3v) is 11.5. The van der Waals surface area contributed by atoms with Crippen LogP contribution >= 0.6 is 0 Å². The smallest absolute Gasteiger partial charge is 0.326 e. The molecule has 1 saturated heterocycles. The standard InChI is InChI=1S/C41H68FN5O8/c1-13-25(6)34(27(8)46(10)40(51)36(24(4)5)45-39(50)35(43-9)23(2)3)32(54-11)21-33(48)47-22-29(42)20-31(47)37(55-12)26(7)38(49)44-30(41(52)53)19-28-17-15-14-16-18-28/h14-18,23-27,29-32,34-37,43H,13,19-22H2,1-12H3,(H,44,49)(H,45,50)(H,52,53)/t25-,26+,27-,29-,30?,31-,32+,34?,35-,36-,37?/m0/s1. The predicted octanol–water partition coefficient (Wildman–Crippen LogP) is 3.69. The number of likely N-dealkylation sites (N-methyl/N-ethyl adjacent to an activating group) is 2. The number of alkyl halides is 1. The molecule has 14 heteroatoms. The van der Waals surface area contributed by atoms with E-state index in [0.717, 1.165) is 12.0 Å². The Morgan fingerprint density at radius 1 is 0.927 bits per heavy atom. The Bertz CT molecular complexity index is 1400. The number of likely N-dealkylation sites (tertiary alicyclic amines) is 1. The van der Waals surface area contributed by atoms with E-state index in [0.29, 0.717) is 0 Å². The summed E-state index contributed by atoms with van der Waals surface area (Å²) < 4.78 is 27.0. The fraction of sp³-hybridized carbons (Fsp3) is 0.732. The Morgan fingerprint density at radius 3 is 2.02 bits per heavy atom. The molecule has 4 amide bonds. The number of halogens is 1. The highest BCUT2D eigenvalue weighted by molar-refractivity contribution is 5.90. The molecule has 1 heterocycles. The van der Waals surface area contributed by atoms with E-state index in [1.54, 1.807) is 50.2 Å². The number of methoxy groups -OCH3 is 2. The molecule has 0 bridgehead atoms. The number of rotatable bonds is 22. The summed E-state index contributed by atoms with van der Waals surface area (Å²) in [6.45, 7) is 15.0. The van der Waals surface area contributed by atoms with Crippen LogP contribution in [-0.2, 0) is 39.9 Å². The molecule has 1 aromatic rings. The van der Waals surface area contributed by atoms with Gasteiger partial charge in [-0.2, -0.15) is 0 Å². The summed E-state index contributed by atoms with van der Waals surface area (Å²) in [4.78, 5) is 70.0. The van der Waals surface area contributed by atoms with Gasteiger partial charge >= 0.3 is 5.97 Å². The summed E-state index contributed by atoms with van der Waals surface area (Å²) in [5.41, 5.74) is 0.739. The van der Waals surface area contributed by atoms with Gasteiger partial charge in [-0.3, -0.25) is 19.2 Å². The lowest BCUT2D eigenvalue weighted by Crippen LogP contribution is -2.58. The van der Waals surface area contributed by atoms with Gasteiger partial charge in [0.05, 0.1) is 43.2 Å². The first kappa shape index (κ1) is 47.5. The Labute approximate surface area is 327 Å². The average molecular weight is 778 g/mol. The first-order valence-electron chi connectivity index (χ1n) is 19.6. The maximum Gasteiger partial charge on any atom is 0.326 e. The van der Waals surface area contributed by atoms with Crippen molar-refractivity contribution in [3.8, 4) is 0 Å². The lowest BCUT2D eigenvalue weighted by Gasteiger charge is -2.41. The second-order valence-electron chi connectivity index (χ2n) is 15.9. The maximum atomic E-state index is 15.2. The van der Waals surface area contributed by atoms with Gasteiger partial charge in [-0.1, -0.05) is 85.2 Å². The Balaban J connectivity index is 2.30. The van der Waals surface area contributed by atoms with Crippen molar-refractivity contribution in [2.24, 2.45) is 29.6 Å². The monoisotopic (exact) mass is 778 g/mol. The molecule has 3 unspecified atom stereocenters. The molecule has 0 aromatic heterocycles. The molecule has 4 N–H and O–H groups in total. The van der Waals surface area contributed by atoms with E-state index in [-0.39, 0.29) is 67.2 Å². The molecule has 2 rings (SSSR count). The van der Waals surface area contributed by atoms with Gasteiger partial charge in [-0.25, -0.2) is 9.18 Å². The minimum absolute atomic E-state index is 0.00140. The van der Waals surface area contributed by atoms with Crippen LogP contribution in [0.3, 0.4) is 0 Å². The van der Waals surface area contributed by atoms with Crippen LogP contribution in [0.25, 0.3) is 0 Å². The summed E-state index contributed by atoms with van der Waals surface area (Å²) in [7, 11) is 6.32. The van der Waals surface area contributed by atoms with Gasteiger partial charge < -0.3 is 40.3 Å². The number of carboxylic acid groups (broad SMARTS) is 1. The van der Waals surface area contributed by atoms with E-state index < -0.39 is 66.4 Å². The third-order valence-electron chi connectivity index (χ3n) is 11.5. The number of hydrogen-bond donors (Lipinski definition) is 4. The van der Waals surface area contributed by atoms with E-state index in [1.807, 2.05) is 54.5 Å². The second kappa shape index (κ2) is 22.2. The zero-order valence-electron chi connectivity index (χ0n) is 35.0. The molecular formula is C41H68FN5O8. The average Bonchev–Trinajstić information content (AvgIpc) is 3.53. The second-order valence-corrected chi connectivity index (χ2v) is 15.9. The van der Waals surface area contributed by atoms with E-state index in [1.165, 1.54) is 19.1 Å². The largest absolute Gasteiger partial charge is 0.480 e. The van der Waals surface area contributed by atoms with Crippen molar-refractivity contribution >= 4 is 29.6 Å². The topological polar surface area (TPSA) is 167 Å². The number of hydrogen-bond acceptors (Lipinski definition) is 8. The van der Waals surface area contributed by atoms with Crippen LogP contribution < -0.4 is 16.0 Å². The molecule has 1 aliphatic heterocycles. The molecule has 312 valence electrons. The summed E-state index contributed by atoms with van der Waals surface area (Å²) in [6, 6.07) is 5.28. The van der Waals surface area contributed by atoms with Gasteiger partial charge in [0.15, 0.2) is 0 Å². The van der Waals surface area contributed by atoms with Gasteiger partial charge in [-0.05, 0) is 37.3 Å². The highest BCUT2D eigenvalue weighted by atomic mass is 19.1. The van der Waals surface area contributed by atoms with E-state index in [2.05, 4.69) is 16.0 Å². The van der Waals surface area contributed by atoms with E-state index >= 15 is 4.39 Å². The predicted molar refractivity (Wildman–Crippen MR) is 210 cm³/mol. The fourth-order valence-corrected chi connectivity index (χ4v) is 7.90. The Kier molecular flexibility index (Phi) is 19.2. The minimum atomic E-state index is -1.36. The highest BCUT2D eigenvalue weighted by Crippen LogP contribution is 2.33. The molecule has 13 nitrogen and oxygen atoms in total. The number of ether oxygens (including phenoxy) is 2. The van der Waals surface area contributed by atoms with Gasteiger partial charge in [0, 0.05) is 46.1 Å². The van der Waals surface area contributed by atoms with Crippen molar-refractivity contribution in [1.82, 2.24) is 25.8 Å². The number of benzene rings is 1. The molecule has 1 fully saturated rings. The molecule has 1 aliphatic rings. The number of carbonyl (C=O) groups is 5. The normalized spacial score (nSPS) is 20.8. The molecular weight excluding hydrogens is 709 g/mol. The van der Waals surface area contributed by atoms with E-state index in [4.69, 9.17) is 9.47 Å². The molecule has 0 spiro atoms. The first-order valence-corrected chi connectivity index (χ1v) is 19.6. The van der Waals surface area contributed by atoms with Crippen molar-refractivity contribution in [3.63, 3.8) is 0 Å². The summed E-state index contributed by atoms with van der Waals surface area (Å²) in [6.07, 6.45) is -2.31. The van der Waals surface area contributed by atoms with Crippen molar-refractivity contribution < 1.29 is 42.9 Å². The van der Waals surface area contributed by atoms with Crippen molar-refractivity contribution in [2.75, 3.05) is 34.9 Å². The molecule has 0 saturated carbocycles. The van der Waals surface area contributed by atoms with Crippen LogP contribution in [-0.4, -0.2) is 128 Å². The number of carbonyl (C=O) groups excluding carboxylic acids is 4. The van der Waals surface area contributed by atoms with Gasteiger partial charge in [0.25, 0.3) is 0 Å². The van der Waals surface area contributed by atoms with Crippen LogP contribution in [0, 0.1) is 29.6 Å². The Hall–Kier alpha value is -3.62. The third kappa shape index (κ3) is 12.7. The molecule has 0 radical (unpaired) electrons. The molecule has 55 heavy (non-hydrogen) atoms. The minimum Gasteiger partial charge on any atom is -0.480 e. The summed E-state index contributed by atoms with van der Waals surface area (Å²) in [5.74, 6) is -4.10. The maximum absolute atomic E-state index is 15.2. The quantitative estimate of drug-likeness (QED) is 0.137. The van der Waals surface area contributed by atoms with Crippen LogP contribution in [0.15, 0.2) is 30.3 Å². The van der Waals surface area contributed by atoms with Gasteiger partial charge in [-0.15, -0.1) is 0 Å². The SMILES string of the molecule is CC[C@H](C)C([C@@H](CC(=O)N1C[C@@H](F)C[C@H]1C(OC)[C@@H](C)C(=O)NC(Cc1ccccc1)C(=O)O)OC)[C@H](C)N(C)C(=O)[C@@H](NC(=O)[C@@H](NC)C(C)C)C(C)C. The number of amides is 4. The lowest BCUT2D eigenvalue weighted by molar-refractivity contribution is -0.146. The first-order chi connectivity index (χ1) is 25.8. The van der Waals surface area contributed by atoms with Crippen molar-refractivity contribution in [3.05, 3.63) is 35.9 Å². The van der Waals surface area contributed by atoms with Crippen molar-refractivity contribution in [2.45, 2.75) is 130 Å². The zero-order chi connectivity index (χ0) is 41.7. The summed E-state index contributed by atoms with van der Waals surface area (Å²) in [5, 5.41) is 18.5. The lowest BCUT2D eigenvalue weighted by atomic mass is 9.79. The van der Waals surface area contributed by atoms with Crippen LogP contribution in [0.5, 0.6) is 0 Å². The van der Waals surface area contributed by atoms with Crippen LogP contribution in [0.4, 0.5) is 4.39 Å². The van der Waals surface area contributed by atoms with Crippen molar-refractivity contribution in [1.29, 1.82) is 0 Å². The van der Waals surface area contributed by atoms with Crippen LogP contribution in [0.1, 0.15) is 80.2 Å². The summed E-state index contributed by atoms with van der Waals surface area (Å²) >= 11 is 0. The fourth-order valence-electron chi connectivity index (χ4n) is 7.90. The Morgan fingerprint density at radius 2 is 1.53 bits per heavy atom. The number of nitrogens with zero attached hydrogens (tertiary/aromatic N) is 2. The highest BCUT2D eigenvalue weighted by Gasteiger charge is 2.46. The molecule has 11 atom stereocenters. The molecule has 1 aromatic carbocycles. The van der Waals surface area contributed by atoms with Gasteiger partial charge in [0.2, 0.25) is 23.6 Å². The number of nitrogens with one attached hydrogen (secondary N) is 3. The van der Waals surface area contributed by atoms with E-state index in [9.17, 15) is 29.1 Å². The number of carboxylic acids is 1.